The number of carboxylic acid groups (broad SMARTS) is 1. The van der Waals surface area contributed by atoms with Gasteiger partial charge in [-0.25, -0.2) is 0 Å². The third kappa shape index (κ3) is 11.0. The van der Waals surface area contributed by atoms with Gasteiger partial charge in [0.2, 0.25) is 5.91 Å². The third-order valence-corrected chi connectivity index (χ3v) is 7.51. The number of carboxylic acids is 1. The largest absolute Gasteiger partial charge is 1.00 e. The second kappa shape index (κ2) is 16.8. The lowest BCUT2D eigenvalue weighted by Crippen LogP contribution is -3.00. The summed E-state index contributed by atoms with van der Waals surface area (Å²) in [6, 6.07) is 29.3. The Morgan fingerprint density at radius 2 is 1.22 bits per heavy atom. The van der Waals surface area contributed by atoms with E-state index in [9.17, 15) is 9.59 Å². The number of hydrogen-bond donors (Lipinski definition) is 3. The number of benzene rings is 4. The summed E-state index contributed by atoms with van der Waals surface area (Å²) in [6.45, 7) is 9.64. The van der Waals surface area contributed by atoms with Gasteiger partial charge in [-0.05, 0) is 66.9 Å². The van der Waals surface area contributed by atoms with Crippen LogP contribution in [0.3, 0.4) is 0 Å². The van der Waals surface area contributed by atoms with Crippen LogP contribution in [0.25, 0.3) is 21.5 Å². The molecule has 0 aliphatic carbocycles. The van der Waals surface area contributed by atoms with E-state index < -0.39 is 17.5 Å². The van der Waals surface area contributed by atoms with E-state index in [-0.39, 0.29) is 43.4 Å². The summed E-state index contributed by atoms with van der Waals surface area (Å²) in [5, 5.41) is 16.4. The zero-order valence-corrected chi connectivity index (χ0v) is 27.7. The van der Waals surface area contributed by atoms with E-state index in [1.807, 2.05) is 39.0 Å². The van der Waals surface area contributed by atoms with Crippen LogP contribution in [0.5, 0.6) is 0 Å². The van der Waals surface area contributed by atoms with Crippen molar-refractivity contribution in [1.82, 2.24) is 5.32 Å². The highest BCUT2D eigenvalue weighted by atomic mass is 35.5. The highest BCUT2D eigenvalue weighted by Crippen LogP contribution is 2.27. The first-order valence-corrected chi connectivity index (χ1v) is 15.3. The first kappa shape index (κ1) is 36.9. The number of quaternary nitrogens is 1. The molecular weight excluding hydrogens is 608 g/mol. The van der Waals surface area contributed by atoms with Crippen LogP contribution in [0, 0.1) is 0 Å². The van der Waals surface area contributed by atoms with Crippen molar-refractivity contribution in [3.05, 3.63) is 96.1 Å². The Balaban J connectivity index is 0.000000204. The van der Waals surface area contributed by atoms with E-state index in [4.69, 9.17) is 24.1 Å². The molecule has 4 atom stereocenters. The third-order valence-electron chi connectivity index (χ3n) is 7.51. The fourth-order valence-electron chi connectivity index (χ4n) is 5.33. The Morgan fingerprint density at radius 3 is 1.67 bits per heavy atom. The summed E-state index contributed by atoms with van der Waals surface area (Å²) >= 11 is 0. The average Bonchev–Trinajstić information content (AvgIpc) is 3.54. The van der Waals surface area contributed by atoms with Crippen molar-refractivity contribution >= 4 is 33.4 Å². The van der Waals surface area contributed by atoms with Crippen molar-refractivity contribution in [2.24, 2.45) is 0 Å². The Bertz CT molecular complexity index is 1600. The number of fused-ring (bicyclic) bond motifs is 2. The van der Waals surface area contributed by atoms with Gasteiger partial charge in [0.25, 0.3) is 0 Å². The van der Waals surface area contributed by atoms with E-state index in [0.29, 0.717) is 19.8 Å². The van der Waals surface area contributed by atoms with Crippen LogP contribution < -0.4 is 23.5 Å². The molecule has 9 nitrogen and oxygen atoms in total. The summed E-state index contributed by atoms with van der Waals surface area (Å²) in [5.41, 5.74) is 6.24. The number of nitrogens with one attached hydrogen (secondary N) is 1. The van der Waals surface area contributed by atoms with Crippen LogP contribution in [0.2, 0.25) is 0 Å². The number of aliphatic carboxylic acids is 1. The van der Waals surface area contributed by atoms with E-state index >= 15 is 0 Å². The molecule has 4 unspecified atom stereocenters. The predicted octanol–water partition coefficient (Wildman–Crippen LogP) is 2.20. The number of ether oxygens (including phenoxy) is 4. The Kier molecular flexibility index (Phi) is 13.5. The maximum absolute atomic E-state index is 12.1. The lowest BCUT2D eigenvalue weighted by molar-refractivity contribution is -0.386. The zero-order valence-electron chi connectivity index (χ0n) is 27.0. The number of halogens is 1. The van der Waals surface area contributed by atoms with Gasteiger partial charge in [-0.15, -0.1) is 0 Å². The predicted molar refractivity (Wildman–Crippen MR) is 173 cm³/mol. The monoisotopic (exact) mass is 652 g/mol. The topological polar surface area (TPSA) is 131 Å². The molecule has 2 aliphatic heterocycles. The molecule has 6 rings (SSSR count). The normalized spacial score (nSPS) is 23.4. The van der Waals surface area contributed by atoms with Crippen LogP contribution >= 0.6 is 0 Å². The van der Waals surface area contributed by atoms with E-state index in [2.05, 4.69) is 77.8 Å². The van der Waals surface area contributed by atoms with Gasteiger partial charge >= 0.3 is 5.97 Å². The van der Waals surface area contributed by atoms with Crippen LogP contribution in [0.4, 0.5) is 0 Å². The molecule has 0 bridgehead atoms. The number of carbonyl (C=O) groups excluding carboxylic acids is 1. The minimum Gasteiger partial charge on any atom is -1.00 e. The van der Waals surface area contributed by atoms with Gasteiger partial charge in [-0.1, -0.05) is 72.8 Å². The molecule has 1 amide bonds. The molecule has 248 valence electrons. The lowest BCUT2D eigenvalue weighted by Gasteiger charge is -2.22. The number of amides is 1. The van der Waals surface area contributed by atoms with E-state index in [1.54, 1.807) is 6.92 Å². The van der Waals surface area contributed by atoms with Crippen LogP contribution in [0.15, 0.2) is 84.9 Å². The maximum Gasteiger partial charge on any atom is 0.308 e. The highest BCUT2D eigenvalue weighted by Gasteiger charge is 2.38. The second-order valence-corrected chi connectivity index (χ2v) is 11.9. The Labute approximate surface area is 276 Å². The van der Waals surface area contributed by atoms with Crippen LogP contribution in [0.1, 0.15) is 51.7 Å². The van der Waals surface area contributed by atoms with Gasteiger partial charge < -0.3 is 47.5 Å². The maximum atomic E-state index is 12.1. The van der Waals surface area contributed by atoms with Gasteiger partial charge in [0.15, 0.2) is 11.6 Å². The summed E-state index contributed by atoms with van der Waals surface area (Å²) in [7, 11) is 0. The number of rotatable bonds is 7. The highest BCUT2D eigenvalue weighted by molar-refractivity contribution is 5.84. The van der Waals surface area contributed by atoms with Gasteiger partial charge in [-0.2, -0.15) is 0 Å². The van der Waals surface area contributed by atoms with E-state index in [1.165, 1.54) is 27.1 Å². The Morgan fingerprint density at radius 1 is 0.761 bits per heavy atom. The Hall–Kier alpha value is -3.57. The van der Waals surface area contributed by atoms with Gasteiger partial charge in [0.05, 0.1) is 44.8 Å². The fourth-order valence-corrected chi connectivity index (χ4v) is 5.33. The quantitative estimate of drug-likeness (QED) is 0.279. The van der Waals surface area contributed by atoms with Gasteiger partial charge in [0, 0.05) is 12.1 Å². The molecule has 4 aromatic rings. The zero-order chi connectivity index (χ0) is 32.5. The summed E-state index contributed by atoms with van der Waals surface area (Å²) < 4.78 is 21.6. The molecule has 10 heteroatoms. The molecular formula is C36H45ClN2O7. The van der Waals surface area contributed by atoms with Gasteiger partial charge in [-0.3, -0.25) is 9.59 Å². The van der Waals surface area contributed by atoms with Crippen LogP contribution in [-0.4, -0.2) is 54.0 Å². The van der Waals surface area contributed by atoms with Crippen molar-refractivity contribution in [2.45, 2.75) is 77.4 Å². The van der Waals surface area contributed by atoms with Crippen molar-refractivity contribution < 1.29 is 51.8 Å². The molecule has 0 radical (unpaired) electrons. The second-order valence-electron chi connectivity index (χ2n) is 11.9. The van der Waals surface area contributed by atoms with Crippen molar-refractivity contribution in [3.8, 4) is 0 Å². The molecule has 5 N–H and O–H groups in total. The molecule has 2 heterocycles. The smallest absolute Gasteiger partial charge is 0.308 e. The number of hydrogen-bond acceptors (Lipinski definition) is 6. The fraction of sp³-hybridized carbons (Fsp3) is 0.389. The van der Waals surface area contributed by atoms with Crippen molar-refractivity contribution in [2.75, 3.05) is 13.2 Å². The minimum atomic E-state index is -0.911. The van der Waals surface area contributed by atoms with Crippen molar-refractivity contribution in [3.63, 3.8) is 0 Å². The van der Waals surface area contributed by atoms with E-state index in [0.717, 1.165) is 12.1 Å². The molecule has 2 aliphatic rings. The lowest BCUT2D eigenvalue weighted by atomic mass is 10.1. The molecule has 46 heavy (non-hydrogen) atoms. The molecule has 0 saturated carbocycles. The summed E-state index contributed by atoms with van der Waals surface area (Å²) in [5.74, 6) is -2.68. The van der Waals surface area contributed by atoms with Gasteiger partial charge in [0.1, 0.15) is 0 Å². The van der Waals surface area contributed by atoms with Crippen LogP contribution in [-0.2, 0) is 41.6 Å². The standard InChI is InChI=1S/C18H21NO3.C11H11N.C7H12O4.ClH/c1-13-12-21-18(2,22-13)10-17(20)19-11-14-7-8-15-5-3-4-6-16(15)9-14;12-8-9-5-6-10-3-1-2-4-11(10)7-9;1-5-4-10-7(2,11-5)3-6(8)9;/h3-9,13H,10-12H2,1-2H3,(H,19,20);1-7H,8,12H2;5H,3-4H2,1-2H3,(H,8,9);1H. The van der Waals surface area contributed by atoms with Crippen molar-refractivity contribution in [1.29, 1.82) is 0 Å². The molecule has 2 saturated heterocycles. The molecule has 2 fully saturated rings. The summed E-state index contributed by atoms with van der Waals surface area (Å²) in [6.07, 6.45) is 0.153. The average molecular weight is 653 g/mol. The minimum absolute atomic E-state index is 0. The molecule has 4 aromatic carbocycles. The molecule has 0 spiro atoms. The first-order valence-electron chi connectivity index (χ1n) is 15.3. The first-order chi connectivity index (χ1) is 21.5. The number of carbonyl (C=O) groups is 2. The SMILES string of the molecule is CC1COC(C)(CC(=O)NCc2ccc3ccccc3c2)O1.CC1COC(C)(CC(=O)O)O1.[Cl-].[NH3+]Cc1ccc2ccccc2c1. The summed E-state index contributed by atoms with van der Waals surface area (Å²) in [4.78, 5) is 22.4. The molecule has 0 aromatic heterocycles.